The van der Waals surface area contributed by atoms with Crippen molar-refractivity contribution in [1.82, 2.24) is 0 Å². The first-order valence-electron chi connectivity index (χ1n) is 10.2. The van der Waals surface area contributed by atoms with E-state index >= 15 is 0 Å². The highest BCUT2D eigenvalue weighted by Gasteiger charge is 2.25. The second-order valence-corrected chi connectivity index (χ2v) is 6.63. The minimum absolute atomic E-state index is 0.0167. The number of nitrogens with zero attached hydrogens (tertiary/aromatic N) is 3. The van der Waals surface area contributed by atoms with Crippen LogP contribution in [-0.2, 0) is 6.42 Å². The van der Waals surface area contributed by atoms with Crippen molar-refractivity contribution in [3.05, 3.63) is 27.6 Å². The molecule has 0 saturated carbocycles. The first-order valence-corrected chi connectivity index (χ1v) is 10.2. The molecule has 0 aliphatic rings. The zero-order valence-corrected chi connectivity index (χ0v) is 17.4. The fourth-order valence-electron chi connectivity index (χ4n) is 2.88. The van der Waals surface area contributed by atoms with Gasteiger partial charge in [-0.1, -0.05) is 39.5 Å². The number of rotatable bonds is 16. The number of benzene rings is 1. The SMILES string of the molecule is CCCCCCCOc1c(ON=[N+]=[N-])cc(C(=O)O)c(CCCN)c1OCCC. The summed E-state index contributed by atoms with van der Waals surface area (Å²) in [5.41, 5.74) is 14.8. The zero-order chi connectivity index (χ0) is 21.5. The number of carboxylic acids is 1. The van der Waals surface area contributed by atoms with E-state index in [-0.39, 0.29) is 17.1 Å². The van der Waals surface area contributed by atoms with Crippen molar-refractivity contribution in [2.24, 2.45) is 11.0 Å². The van der Waals surface area contributed by atoms with Crippen LogP contribution in [0.15, 0.2) is 11.3 Å². The predicted octanol–water partition coefficient (Wildman–Crippen LogP) is 5.02. The summed E-state index contributed by atoms with van der Waals surface area (Å²) in [5.74, 6) is -0.526. The lowest BCUT2D eigenvalue weighted by atomic mass is 10.00. The molecule has 0 heterocycles. The molecular weight excluding hydrogens is 376 g/mol. The Bertz CT molecular complexity index is 690. The number of nitrogens with two attached hydrogens (primary N) is 1. The first kappa shape index (κ1) is 24.4. The smallest absolute Gasteiger partial charge is 0.336 e. The van der Waals surface area contributed by atoms with Crippen LogP contribution in [0.5, 0.6) is 17.2 Å². The first-order chi connectivity index (χ1) is 14.1. The molecule has 162 valence electrons. The van der Waals surface area contributed by atoms with E-state index < -0.39 is 5.97 Å². The molecule has 0 aliphatic carbocycles. The van der Waals surface area contributed by atoms with Crippen LogP contribution in [0.3, 0.4) is 0 Å². The van der Waals surface area contributed by atoms with Crippen LogP contribution in [0.4, 0.5) is 0 Å². The van der Waals surface area contributed by atoms with Crippen LogP contribution >= 0.6 is 0 Å². The van der Waals surface area contributed by atoms with Crippen LogP contribution in [0.1, 0.15) is 74.7 Å². The molecule has 9 nitrogen and oxygen atoms in total. The number of aromatic carboxylic acids is 1. The maximum Gasteiger partial charge on any atom is 0.336 e. The van der Waals surface area contributed by atoms with Crippen molar-refractivity contribution in [3.63, 3.8) is 0 Å². The number of ether oxygens (including phenoxy) is 2. The van der Waals surface area contributed by atoms with Gasteiger partial charge in [0.05, 0.1) is 18.8 Å². The molecule has 1 aromatic rings. The summed E-state index contributed by atoms with van der Waals surface area (Å²) < 4.78 is 11.8. The number of azide groups is 1. The Morgan fingerprint density at radius 1 is 1.10 bits per heavy atom. The maximum absolute atomic E-state index is 11.8. The van der Waals surface area contributed by atoms with Crippen molar-refractivity contribution < 1.29 is 24.2 Å². The summed E-state index contributed by atoms with van der Waals surface area (Å²) in [6.07, 6.45) is 7.07. The van der Waals surface area contributed by atoms with Crippen molar-refractivity contribution in [2.45, 2.75) is 65.2 Å². The van der Waals surface area contributed by atoms with Crippen molar-refractivity contribution >= 4 is 5.97 Å². The molecule has 0 bridgehead atoms. The van der Waals surface area contributed by atoms with E-state index in [9.17, 15) is 9.90 Å². The van der Waals surface area contributed by atoms with Gasteiger partial charge in [0, 0.05) is 16.5 Å². The topological polar surface area (TPSA) is 140 Å². The molecule has 0 radical (unpaired) electrons. The van der Waals surface area contributed by atoms with Crippen molar-refractivity contribution in [2.75, 3.05) is 19.8 Å². The molecule has 0 amide bonds. The Morgan fingerprint density at radius 2 is 1.83 bits per heavy atom. The molecule has 3 N–H and O–H groups in total. The molecule has 0 spiro atoms. The molecule has 0 unspecified atom stereocenters. The summed E-state index contributed by atoms with van der Waals surface area (Å²) in [5, 5.41) is 12.8. The Balaban J connectivity index is 3.31. The van der Waals surface area contributed by atoms with E-state index in [0.29, 0.717) is 43.9 Å². The lowest BCUT2D eigenvalue weighted by Gasteiger charge is -2.20. The maximum atomic E-state index is 11.8. The molecule has 0 fully saturated rings. The van der Waals surface area contributed by atoms with Crippen LogP contribution in [-0.4, -0.2) is 30.8 Å². The molecule has 0 saturated heterocycles. The van der Waals surface area contributed by atoms with Crippen LogP contribution < -0.4 is 20.0 Å². The molecule has 0 aromatic heterocycles. The average molecular weight is 408 g/mol. The van der Waals surface area contributed by atoms with Gasteiger partial charge in [0.1, 0.15) is 5.28 Å². The van der Waals surface area contributed by atoms with Gasteiger partial charge in [-0.15, -0.1) is 0 Å². The molecule has 1 aromatic carbocycles. The van der Waals surface area contributed by atoms with E-state index in [0.717, 1.165) is 32.1 Å². The van der Waals surface area contributed by atoms with Crippen molar-refractivity contribution in [1.29, 1.82) is 0 Å². The number of hydrogen-bond acceptors (Lipinski definition) is 6. The largest absolute Gasteiger partial charge is 0.489 e. The van der Waals surface area contributed by atoms with Gasteiger partial charge in [0.2, 0.25) is 5.75 Å². The molecule has 9 heteroatoms. The molecule has 1 rings (SSSR count). The normalized spacial score (nSPS) is 10.3. The van der Waals surface area contributed by atoms with Gasteiger partial charge in [0.25, 0.3) is 0 Å². The van der Waals surface area contributed by atoms with Gasteiger partial charge >= 0.3 is 5.97 Å². The third-order valence-corrected chi connectivity index (χ3v) is 4.29. The molecule has 0 atom stereocenters. The van der Waals surface area contributed by atoms with Gasteiger partial charge in [0.15, 0.2) is 11.5 Å². The second-order valence-electron chi connectivity index (χ2n) is 6.63. The van der Waals surface area contributed by atoms with E-state index in [4.69, 9.17) is 25.6 Å². The minimum atomic E-state index is -1.13. The third-order valence-electron chi connectivity index (χ3n) is 4.29. The molecule has 0 aliphatic heterocycles. The van der Waals surface area contributed by atoms with Crippen LogP contribution in [0.2, 0.25) is 0 Å². The highest BCUT2D eigenvalue weighted by Crippen LogP contribution is 2.43. The summed E-state index contributed by atoms with van der Waals surface area (Å²) in [7, 11) is 0. The number of carboxylic acid groups (broad SMARTS) is 1. The Morgan fingerprint density at radius 3 is 2.45 bits per heavy atom. The highest BCUT2D eigenvalue weighted by atomic mass is 16.7. The highest BCUT2D eigenvalue weighted by molar-refractivity contribution is 5.92. The van der Waals surface area contributed by atoms with Crippen LogP contribution in [0.25, 0.3) is 10.4 Å². The molecular formula is C20H32N4O5. The Labute approximate surface area is 171 Å². The van der Waals surface area contributed by atoms with Gasteiger partial charge < -0.3 is 25.2 Å². The monoisotopic (exact) mass is 408 g/mol. The van der Waals surface area contributed by atoms with E-state index in [2.05, 4.69) is 17.1 Å². The third kappa shape index (κ3) is 8.09. The standard InChI is InChI=1S/C20H32N4O5/c1-3-5-6-7-8-13-28-19-17(29-24-23-22)14-16(20(25)26)15(10-9-11-21)18(19)27-12-4-2/h14H,3-13,21H2,1-2H3,(H,25,26). The molecule has 29 heavy (non-hydrogen) atoms. The lowest BCUT2D eigenvalue weighted by molar-refractivity contribution is 0.0694. The number of carbonyl (C=O) groups is 1. The van der Waals surface area contributed by atoms with Crippen LogP contribution in [0, 0.1) is 0 Å². The van der Waals surface area contributed by atoms with Gasteiger partial charge in [-0.25, -0.2) is 4.79 Å². The fraction of sp³-hybridized carbons (Fsp3) is 0.650. The summed E-state index contributed by atoms with van der Waals surface area (Å²) in [6, 6.07) is 1.31. The van der Waals surface area contributed by atoms with E-state index in [1.807, 2.05) is 6.92 Å². The predicted molar refractivity (Wildman–Crippen MR) is 111 cm³/mol. The average Bonchev–Trinajstić information content (AvgIpc) is 2.72. The van der Waals surface area contributed by atoms with Gasteiger partial charge in [-0.05, 0) is 37.8 Å². The summed E-state index contributed by atoms with van der Waals surface area (Å²) in [4.78, 5) is 19.5. The fourth-order valence-corrected chi connectivity index (χ4v) is 2.88. The number of hydrogen-bond donors (Lipinski definition) is 2. The lowest BCUT2D eigenvalue weighted by Crippen LogP contribution is -2.12. The van der Waals surface area contributed by atoms with Gasteiger partial charge in [-0.2, -0.15) is 0 Å². The van der Waals surface area contributed by atoms with Gasteiger partial charge in [-0.3, -0.25) is 0 Å². The summed E-state index contributed by atoms with van der Waals surface area (Å²) in [6.45, 7) is 5.32. The van der Waals surface area contributed by atoms with E-state index in [1.165, 1.54) is 12.5 Å². The zero-order valence-electron chi connectivity index (χ0n) is 17.4. The Hall–Kier alpha value is -2.64. The minimum Gasteiger partial charge on any atom is -0.489 e. The quantitative estimate of drug-likeness (QED) is 0.129. The Kier molecular flexibility index (Phi) is 12.1. The van der Waals surface area contributed by atoms with E-state index in [1.54, 1.807) is 0 Å². The summed E-state index contributed by atoms with van der Waals surface area (Å²) >= 11 is 0. The van der Waals surface area contributed by atoms with Crippen molar-refractivity contribution in [3.8, 4) is 17.2 Å². The second kappa shape index (κ2) is 14.4. The number of unbranched alkanes of at least 4 members (excludes halogenated alkanes) is 4.